The summed E-state index contributed by atoms with van der Waals surface area (Å²) in [7, 11) is 0. The van der Waals surface area contributed by atoms with Crippen LogP contribution in [0.1, 0.15) is 27.6 Å². The van der Waals surface area contributed by atoms with Crippen LogP contribution in [0.3, 0.4) is 0 Å². The van der Waals surface area contributed by atoms with E-state index >= 15 is 0 Å². The molecular formula is C24H22N2O5S. The van der Waals surface area contributed by atoms with Crippen LogP contribution in [0.25, 0.3) is 0 Å². The molecule has 0 aliphatic rings. The van der Waals surface area contributed by atoms with Crippen molar-refractivity contribution in [2.75, 3.05) is 23.0 Å². The monoisotopic (exact) mass is 450 g/mol. The van der Waals surface area contributed by atoms with Crippen molar-refractivity contribution in [3.8, 4) is 5.75 Å². The molecule has 164 valence electrons. The minimum atomic E-state index is -1.17. The highest BCUT2D eigenvalue weighted by atomic mass is 32.2. The van der Waals surface area contributed by atoms with Crippen LogP contribution in [0.5, 0.6) is 5.75 Å². The Kier molecular flexibility index (Phi) is 7.88. The average Bonchev–Trinajstić information content (AvgIpc) is 2.79. The maximum Gasteiger partial charge on any atom is 0.336 e. The highest BCUT2D eigenvalue weighted by Crippen LogP contribution is 2.23. The van der Waals surface area contributed by atoms with Gasteiger partial charge in [0, 0.05) is 16.3 Å². The van der Waals surface area contributed by atoms with Gasteiger partial charge in [0.15, 0.2) is 0 Å². The van der Waals surface area contributed by atoms with E-state index in [1.807, 2.05) is 13.0 Å². The Morgan fingerprint density at radius 2 is 1.59 bits per heavy atom. The van der Waals surface area contributed by atoms with Gasteiger partial charge in [-0.1, -0.05) is 18.2 Å². The summed E-state index contributed by atoms with van der Waals surface area (Å²) < 4.78 is 5.38. The Morgan fingerprint density at radius 1 is 0.875 bits per heavy atom. The van der Waals surface area contributed by atoms with Crippen molar-refractivity contribution in [1.29, 1.82) is 0 Å². The lowest BCUT2D eigenvalue weighted by Crippen LogP contribution is -2.16. The van der Waals surface area contributed by atoms with Crippen LogP contribution in [0.4, 0.5) is 11.4 Å². The molecule has 7 nitrogen and oxygen atoms in total. The molecule has 0 aromatic heterocycles. The van der Waals surface area contributed by atoms with Crippen LogP contribution in [0.2, 0.25) is 0 Å². The summed E-state index contributed by atoms with van der Waals surface area (Å²) in [5, 5.41) is 14.8. The Bertz CT molecular complexity index is 1120. The van der Waals surface area contributed by atoms with Gasteiger partial charge in [0.25, 0.3) is 5.91 Å². The van der Waals surface area contributed by atoms with Crippen LogP contribution in [-0.4, -0.2) is 35.2 Å². The van der Waals surface area contributed by atoms with Crippen LogP contribution in [0, 0.1) is 0 Å². The van der Waals surface area contributed by atoms with Gasteiger partial charge >= 0.3 is 5.97 Å². The molecule has 3 N–H and O–H groups in total. The smallest absolute Gasteiger partial charge is 0.336 e. The number of aromatic carboxylic acids is 1. The van der Waals surface area contributed by atoms with Gasteiger partial charge in [0.05, 0.1) is 23.5 Å². The number of hydrogen-bond donors (Lipinski definition) is 3. The minimum absolute atomic E-state index is 0.0681. The van der Waals surface area contributed by atoms with E-state index < -0.39 is 11.9 Å². The fourth-order valence-electron chi connectivity index (χ4n) is 2.88. The number of amides is 2. The number of benzene rings is 3. The van der Waals surface area contributed by atoms with Gasteiger partial charge in [-0.25, -0.2) is 4.79 Å². The van der Waals surface area contributed by atoms with Crippen molar-refractivity contribution in [2.45, 2.75) is 11.8 Å². The first-order chi connectivity index (χ1) is 15.5. The topological polar surface area (TPSA) is 105 Å². The normalized spacial score (nSPS) is 10.3. The lowest BCUT2D eigenvalue weighted by Gasteiger charge is -2.10. The van der Waals surface area contributed by atoms with Crippen LogP contribution < -0.4 is 15.4 Å². The fraction of sp³-hybridized carbons (Fsp3) is 0.125. The Labute approximate surface area is 189 Å². The molecule has 0 aliphatic heterocycles. The molecule has 0 saturated heterocycles. The number of carbonyl (C=O) groups excluding carboxylic acids is 2. The van der Waals surface area contributed by atoms with E-state index in [1.54, 1.807) is 54.6 Å². The number of ether oxygens (including phenoxy) is 1. The van der Waals surface area contributed by atoms with Crippen molar-refractivity contribution in [3.05, 3.63) is 83.9 Å². The molecule has 0 heterocycles. The van der Waals surface area contributed by atoms with E-state index in [-0.39, 0.29) is 22.8 Å². The van der Waals surface area contributed by atoms with Crippen molar-refractivity contribution in [1.82, 2.24) is 0 Å². The number of thioether (sulfide) groups is 1. The van der Waals surface area contributed by atoms with Crippen LogP contribution in [-0.2, 0) is 4.79 Å². The molecule has 2 amide bonds. The number of carbonyl (C=O) groups is 3. The second kappa shape index (κ2) is 11.0. The van der Waals surface area contributed by atoms with Gasteiger partial charge < -0.3 is 20.5 Å². The van der Waals surface area contributed by atoms with Gasteiger partial charge in [-0.15, -0.1) is 11.8 Å². The van der Waals surface area contributed by atoms with E-state index in [1.165, 1.54) is 23.9 Å². The van der Waals surface area contributed by atoms with Crippen molar-refractivity contribution < 1.29 is 24.2 Å². The fourth-order valence-corrected chi connectivity index (χ4v) is 3.63. The second-order valence-corrected chi connectivity index (χ2v) is 7.68. The molecule has 0 saturated carbocycles. The molecule has 0 atom stereocenters. The van der Waals surface area contributed by atoms with Gasteiger partial charge in [-0.3, -0.25) is 9.59 Å². The molecule has 3 aromatic carbocycles. The van der Waals surface area contributed by atoms with Gasteiger partial charge in [0.1, 0.15) is 5.75 Å². The SMILES string of the molecule is CCOc1ccc(NC(=O)CSc2cccc(NC(=O)c3ccccc3C(=O)O)c2)cc1. The molecule has 0 aliphatic carbocycles. The van der Waals surface area contributed by atoms with E-state index in [2.05, 4.69) is 10.6 Å². The lowest BCUT2D eigenvalue weighted by molar-refractivity contribution is -0.113. The third-order valence-corrected chi connectivity index (χ3v) is 5.31. The molecular weight excluding hydrogens is 428 g/mol. The highest BCUT2D eigenvalue weighted by molar-refractivity contribution is 8.00. The van der Waals surface area contributed by atoms with Crippen molar-refractivity contribution in [2.24, 2.45) is 0 Å². The standard InChI is InChI=1S/C24H22N2O5S/c1-2-31-18-12-10-16(11-13-18)25-22(27)15-32-19-7-5-6-17(14-19)26-23(28)20-8-3-4-9-21(20)24(29)30/h3-14H,2,15H2,1H3,(H,25,27)(H,26,28)(H,29,30). The second-order valence-electron chi connectivity index (χ2n) is 6.63. The largest absolute Gasteiger partial charge is 0.494 e. The number of anilines is 2. The first-order valence-corrected chi connectivity index (χ1v) is 10.8. The van der Waals surface area contributed by atoms with Gasteiger partial charge in [-0.2, -0.15) is 0 Å². The van der Waals surface area contributed by atoms with Gasteiger partial charge in [-0.05, 0) is 61.5 Å². The quantitative estimate of drug-likeness (QED) is 0.406. The summed E-state index contributed by atoms with van der Waals surface area (Å²) in [5.74, 6) is -0.919. The predicted octanol–water partition coefficient (Wildman–Crippen LogP) is 4.77. The van der Waals surface area contributed by atoms with Crippen molar-refractivity contribution >= 4 is 40.9 Å². The zero-order chi connectivity index (χ0) is 22.9. The molecule has 3 aromatic rings. The number of hydrogen-bond acceptors (Lipinski definition) is 5. The summed E-state index contributed by atoms with van der Waals surface area (Å²) >= 11 is 1.32. The van der Waals surface area contributed by atoms with Gasteiger partial charge in [0.2, 0.25) is 5.91 Å². The summed E-state index contributed by atoms with van der Waals surface area (Å²) in [6.07, 6.45) is 0. The molecule has 0 unspecified atom stereocenters. The number of rotatable bonds is 9. The van der Waals surface area contributed by atoms with E-state index in [0.29, 0.717) is 18.0 Å². The Hall–Kier alpha value is -3.78. The molecule has 32 heavy (non-hydrogen) atoms. The molecule has 8 heteroatoms. The minimum Gasteiger partial charge on any atom is -0.494 e. The molecule has 0 bridgehead atoms. The molecule has 3 rings (SSSR count). The third-order valence-electron chi connectivity index (χ3n) is 4.31. The van der Waals surface area contributed by atoms with Crippen LogP contribution >= 0.6 is 11.8 Å². The Balaban J connectivity index is 1.57. The summed E-state index contributed by atoms with van der Waals surface area (Å²) in [6.45, 7) is 2.48. The van der Waals surface area contributed by atoms with Crippen molar-refractivity contribution in [3.63, 3.8) is 0 Å². The summed E-state index contributed by atoms with van der Waals surface area (Å²) in [6, 6.07) is 20.2. The highest BCUT2D eigenvalue weighted by Gasteiger charge is 2.16. The number of nitrogens with one attached hydrogen (secondary N) is 2. The summed E-state index contributed by atoms with van der Waals surface area (Å²) in [5.41, 5.74) is 1.19. The van der Waals surface area contributed by atoms with E-state index in [4.69, 9.17) is 4.74 Å². The number of carboxylic acid groups (broad SMARTS) is 1. The number of carboxylic acids is 1. The van der Waals surface area contributed by atoms with E-state index in [9.17, 15) is 19.5 Å². The maximum atomic E-state index is 12.5. The zero-order valence-electron chi connectivity index (χ0n) is 17.3. The predicted molar refractivity (Wildman–Crippen MR) is 125 cm³/mol. The average molecular weight is 451 g/mol. The molecule has 0 fully saturated rings. The molecule has 0 radical (unpaired) electrons. The maximum absolute atomic E-state index is 12.5. The molecule has 0 spiro atoms. The first kappa shape index (κ1) is 22.9. The lowest BCUT2D eigenvalue weighted by atomic mass is 10.1. The zero-order valence-corrected chi connectivity index (χ0v) is 18.1. The first-order valence-electron chi connectivity index (χ1n) is 9.85. The van der Waals surface area contributed by atoms with E-state index in [0.717, 1.165) is 10.6 Å². The Morgan fingerprint density at radius 3 is 2.28 bits per heavy atom. The third kappa shape index (κ3) is 6.36. The van der Waals surface area contributed by atoms with Crippen LogP contribution in [0.15, 0.2) is 77.7 Å². The summed E-state index contributed by atoms with van der Waals surface area (Å²) in [4.78, 5) is 36.9.